The number of fused-ring (bicyclic) bond motifs is 1. The number of nitrogens with zero attached hydrogens (tertiary/aromatic N) is 3. The molecule has 1 unspecified atom stereocenters. The van der Waals surface area contributed by atoms with Gasteiger partial charge in [-0.2, -0.15) is 5.10 Å². The Kier molecular flexibility index (Phi) is 5.88. The summed E-state index contributed by atoms with van der Waals surface area (Å²) in [5, 5.41) is 7.93. The lowest BCUT2D eigenvalue weighted by Crippen LogP contribution is -2.15. The van der Waals surface area contributed by atoms with Gasteiger partial charge in [0.25, 0.3) is 5.91 Å². The maximum Gasteiger partial charge on any atom is 0.256 e. The van der Waals surface area contributed by atoms with E-state index in [4.69, 9.17) is 4.98 Å². The highest BCUT2D eigenvalue weighted by molar-refractivity contribution is 7.91. The van der Waals surface area contributed by atoms with Gasteiger partial charge in [-0.1, -0.05) is 37.3 Å². The third-order valence-electron chi connectivity index (χ3n) is 6.38. The average molecular weight is 493 g/mol. The Balaban J connectivity index is 1.67. The maximum absolute atomic E-state index is 13.7. The molecule has 2 aromatic heterocycles. The van der Waals surface area contributed by atoms with Crippen LogP contribution >= 0.6 is 0 Å². The van der Waals surface area contributed by atoms with Crippen molar-refractivity contribution in [2.75, 3.05) is 16.8 Å². The maximum atomic E-state index is 13.7. The smallest absolute Gasteiger partial charge is 0.256 e. The van der Waals surface area contributed by atoms with E-state index in [-0.39, 0.29) is 17.5 Å². The van der Waals surface area contributed by atoms with E-state index in [0.29, 0.717) is 40.1 Å². The van der Waals surface area contributed by atoms with Crippen molar-refractivity contribution in [2.24, 2.45) is 0 Å². The molecule has 1 atom stereocenters. The third kappa shape index (κ3) is 4.55. The number of aryl methyl sites for hydroxylation is 2. The Hall–Kier alpha value is -3.59. The summed E-state index contributed by atoms with van der Waals surface area (Å²) in [4.78, 5) is 18.3. The number of aromatic nitrogens is 3. The molecular formula is C26H25FN4O3S. The monoisotopic (exact) mass is 492 g/mol. The molecule has 1 amide bonds. The van der Waals surface area contributed by atoms with E-state index in [0.717, 1.165) is 12.0 Å². The topological polar surface area (TPSA) is 94.0 Å². The molecule has 2 aromatic carbocycles. The second-order valence-corrected chi connectivity index (χ2v) is 11.1. The SMILES string of the molecule is CCc1ccc(-c2cc(C(=O)Nc3cccc(F)c3)c3c(C)nn(C4CCS(=O)(=O)C4)c3n2)cc1. The minimum absolute atomic E-state index is 0.00878. The minimum Gasteiger partial charge on any atom is -0.322 e. The van der Waals surface area contributed by atoms with Crippen LogP contribution in [0.5, 0.6) is 0 Å². The summed E-state index contributed by atoms with van der Waals surface area (Å²) in [5.41, 5.74) is 4.30. The van der Waals surface area contributed by atoms with Gasteiger partial charge < -0.3 is 5.32 Å². The quantitative estimate of drug-likeness (QED) is 0.435. The van der Waals surface area contributed by atoms with Gasteiger partial charge in [0.15, 0.2) is 15.5 Å². The van der Waals surface area contributed by atoms with Crippen molar-refractivity contribution in [1.29, 1.82) is 0 Å². The Morgan fingerprint density at radius 1 is 1.17 bits per heavy atom. The van der Waals surface area contributed by atoms with Gasteiger partial charge >= 0.3 is 0 Å². The molecule has 35 heavy (non-hydrogen) atoms. The highest BCUT2D eigenvalue weighted by Gasteiger charge is 2.32. The second kappa shape index (κ2) is 8.88. The van der Waals surface area contributed by atoms with Crippen LogP contribution in [0.25, 0.3) is 22.3 Å². The highest BCUT2D eigenvalue weighted by atomic mass is 32.2. The Labute approximate surface area is 202 Å². The number of sulfone groups is 1. The van der Waals surface area contributed by atoms with E-state index >= 15 is 0 Å². The molecule has 1 N–H and O–H groups in total. The van der Waals surface area contributed by atoms with Crippen LogP contribution in [-0.2, 0) is 16.3 Å². The Bertz CT molecular complexity index is 1550. The molecule has 5 rings (SSSR count). The predicted octanol–water partition coefficient (Wildman–Crippen LogP) is 4.72. The van der Waals surface area contributed by atoms with Crippen LogP contribution in [0.1, 0.15) is 41.0 Å². The van der Waals surface area contributed by atoms with E-state index in [1.807, 2.05) is 24.3 Å². The van der Waals surface area contributed by atoms with Crippen molar-refractivity contribution < 1.29 is 17.6 Å². The van der Waals surface area contributed by atoms with Gasteiger partial charge in [-0.3, -0.25) is 4.79 Å². The van der Waals surface area contributed by atoms with E-state index < -0.39 is 21.6 Å². The number of halogens is 1. The standard InChI is InChI=1S/C26H25FN4O3S/c1-3-17-7-9-18(10-8-17)23-14-22(26(32)28-20-6-4-5-19(27)13-20)24-16(2)30-31(25(24)29-23)21-11-12-35(33,34)15-21/h4-10,13-14,21H,3,11-12,15H2,1-2H3,(H,28,32). The number of carbonyl (C=O) groups excluding carboxylic acids is 1. The average Bonchev–Trinajstić information content (AvgIpc) is 3.37. The fraction of sp³-hybridized carbons (Fsp3) is 0.269. The molecular weight excluding hydrogens is 467 g/mol. The summed E-state index contributed by atoms with van der Waals surface area (Å²) in [7, 11) is -3.15. The normalized spacial score (nSPS) is 17.1. The number of benzene rings is 2. The molecule has 0 bridgehead atoms. The van der Waals surface area contributed by atoms with Gasteiger partial charge in [0.05, 0.1) is 39.9 Å². The van der Waals surface area contributed by atoms with Crippen molar-refractivity contribution in [3.05, 3.63) is 77.2 Å². The van der Waals surface area contributed by atoms with Gasteiger partial charge in [0, 0.05) is 11.3 Å². The number of hydrogen-bond acceptors (Lipinski definition) is 5. The molecule has 1 fully saturated rings. The van der Waals surface area contributed by atoms with Gasteiger partial charge in [0.2, 0.25) is 0 Å². The van der Waals surface area contributed by atoms with Crippen LogP contribution in [0.3, 0.4) is 0 Å². The lowest BCUT2D eigenvalue weighted by atomic mass is 10.0. The van der Waals surface area contributed by atoms with Crippen molar-refractivity contribution in [2.45, 2.75) is 32.7 Å². The first-order valence-electron chi connectivity index (χ1n) is 11.5. The zero-order valence-corrected chi connectivity index (χ0v) is 20.3. The molecule has 9 heteroatoms. The van der Waals surface area contributed by atoms with Crippen molar-refractivity contribution >= 4 is 32.5 Å². The molecule has 0 radical (unpaired) electrons. The molecule has 4 aromatic rings. The van der Waals surface area contributed by atoms with E-state index in [2.05, 4.69) is 17.3 Å². The molecule has 7 nitrogen and oxygen atoms in total. The minimum atomic E-state index is -3.15. The zero-order valence-electron chi connectivity index (χ0n) is 19.5. The van der Waals surface area contributed by atoms with Crippen LogP contribution in [0.15, 0.2) is 54.6 Å². The van der Waals surface area contributed by atoms with Gasteiger partial charge in [-0.05, 0) is 49.6 Å². The summed E-state index contributed by atoms with van der Waals surface area (Å²) >= 11 is 0. The Morgan fingerprint density at radius 2 is 1.94 bits per heavy atom. The predicted molar refractivity (Wildman–Crippen MR) is 134 cm³/mol. The molecule has 1 aliphatic rings. The van der Waals surface area contributed by atoms with Crippen LogP contribution in [0.4, 0.5) is 10.1 Å². The summed E-state index contributed by atoms with van der Waals surface area (Å²) in [6.45, 7) is 3.85. The van der Waals surface area contributed by atoms with E-state index in [9.17, 15) is 17.6 Å². The van der Waals surface area contributed by atoms with E-state index in [1.54, 1.807) is 23.7 Å². The van der Waals surface area contributed by atoms with Crippen LogP contribution in [-0.4, -0.2) is 40.6 Å². The molecule has 0 saturated carbocycles. The van der Waals surface area contributed by atoms with Crippen LogP contribution in [0.2, 0.25) is 0 Å². The molecule has 1 saturated heterocycles. The van der Waals surface area contributed by atoms with Gasteiger partial charge in [0.1, 0.15) is 5.82 Å². The van der Waals surface area contributed by atoms with Gasteiger partial charge in [-0.25, -0.2) is 22.5 Å². The number of anilines is 1. The number of amides is 1. The molecule has 180 valence electrons. The number of rotatable bonds is 5. The number of nitrogens with one attached hydrogen (secondary N) is 1. The van der Waals surface area contributed by atoms with Crippen LogP contribution < -0.4 is 5.32 Å². The summed E-state index contributed by atoms with van der Waals surface area (Å²) < 4.78 is 39.7. The summed E-state index contributed by atoms with van der Waals surface area (Å²) in [6, 6.07) is 15.0. The molecule has 0 aliphatic carbocycles. The third-order valence-corrected chi connectivity index (χ3v) is 8.13. The van der Waals surface area contributed by atoms with Crippen molar-refractivity contribution in [3.8, 4) is 11.3 Å². The molecule has 1 aliphatic heterocycles. The fourth-order valence-corrected chi connectivity index (χ4v) is 6.23. The lowest BCUT2D eigenvalue weighted by molar-refractivity contribution is 0.102. The summed E-state index contributed by atoms with van der Waals surface area (Å²) in [6.07, 6.45) is 1.34. The first kappa shape index (κ1) is 23.2. The van der Waals surface area contributed by atoms with E-state index in [1.165, 1.54) is 23.8 Å². The Morgan fingerprint density at radius 3 is 2.60 bits per heavy atom. The van der Waals surface area contributed by atoms with Gasteiger partial charge in [-0.15, -0.1) is 0 Å². The molecule has 0 spiro atoms. The summed E-state index contributed by atoms with van der Waals surface area (Å²) in [5.74, 6) is -0.782. The lowest BCUT2D eigenvalue weighted by Gasteiger charge is -2.13. The number of carbonyl (C=O) groups is 1. The molecule has 3 heterocycles. The fourth-order valence-electron chi connectivity index (χ4n) is 4.54. The first-order valence-corrected chi connectivity index (χ1v) is 13.3. The van der Waals surface area contributed by atoms with Crippen LogP contribution in [0, 0.1) is 12.7 Å². The van der Waals surface area contributed by atoms with Crippen molar-refractivity contribution in [1.82, 2.24) is 14.8 Å². The zero-order chi connectivity index (χ0) is 24.7. The first-order chi connectivity index (χ1) is 16.7. The second-order valence-electron chi connectivity index (χ2n) is 8.86. The highest BCUT2D eigenvalue weighted by Crippen LogP contribution is 2.32. The number of pyridine rings is 1. The number of hydrogen-bond donors (Lipinski definition) is 1. The largest absolute Gasteiger partial charge is 0.322 e. The van der Waals surface area contributed by atoms with Crippen molar-refractivity contribution in [3.63, 3.8) is 0 Å².